The van der Waals surface area contributed by atoms with Gasteiger partial charge in [0.2, 0.25) is 0 Å². The Balaban J connectivity index is 1.36. The number of carbonyl (C=O) groups is 1. The molecule has 8 heteroatoms. The minimum Gasteiger partial charge on any atom is -0.486 e. The van der Waals surface area contributed by atoms with Crippen LogP contribution in [0.25, 0.3) is 11.1 Å². The van der Waals surface area contributed by atoms with Gasteiger partial charge < -0.3 is 24.1 Å². The van der Waals surface area contributed by atoms with Crippen molar-refractivity contribution in [1.29, 1.82) is 0 Å². The van der Waals surface area contributed by atoms with Crippen LogP contribution in [-0.2, 0) is 11.3 Å². The zero-order chi connectivity index (χ0) is 21.8. The van der Waals surface area contributed by atoms with E-state index in [2.05, 4.69) is 15.3 Å². The van der Waals surface area contributed by atoms with E-state index in [4.69, 9.17) is 13.9 Å². The maximum atomic E-state index is 12.2. The number of amides is 1. The predicted octanol–water partition coefficient (Wildman–Crippen LogP) is 4.61. The van der Waals surface area contributed by atoms with Crippen LogP contribution in [-0.4, -0.2) is 45.7 Å². The maximum Gasteiger partial charge on any atom is 0.410 e. The van der Waals surface area contributed by atoms with Crippen molar-refractivity contribution in [3.63, 3.8) is 0 Å². The summed E-state index contributed by atoms with van der Waals surface area (Å²) in [5.41, 5.74) is 1.90. The van der Waals surface area contributed by atoms with E-state index in [1.165, 1.54) is 0 Å². The molecule has 1 aromatic carbocycles. The zero-order valence-electron chi connectivity index (χ0n) is 18.1. The molecule has 1 N–H and O–H groups in total. The number of nitrogens with zero attached hydrogens (tertiary/aromatic N) is 3. The molecule has 0 bridgehead atoms. The Kier molecular flexibility index (Phi) is 5.97. The molecular formula is C23H28N4O4. The van der Waals surface area contributed by atoms with Gasteiger partial charge in [-0.1, -0.05) is 6.07 Å². The third-order valence-electron chi connectivity index (χ3n) is 5.00. The van der Waals surface area contributed by atoms with Crippen LogP contribution >= 0.6 is 0 Å². The van der Waals surface area contributed by atoms with Gasteiger partial charge >= 0.3 is 6.09 Å². The number of carbonyl (C=O) groups excluding carboxylic acids is 1. The van der Waals surface area contributed by atoms with Crippen molar-refractivity contribution in [2.24, 2.45) is 0 Å². The summed E-state index contributed by atoms with van der Waals surface area (Å²) in [6.45, 7) is 7.32. The molecule has 0 radical (unpaired) electrons. The van der Waals surface area contributed by atoms with E-state index < -0.39 is 5.60 Å². The Morgan fingerprint density at radius 3 is 2.65 bits per heavy atom. The second-order valence-corrected chi connectivity index (χ2v) is 8.65. The molecule has 164 valence electrons. The lowest BCUT2D eigenvalue weighted by atomic mass is 10.1. The second kappa shape index (κ2) is 8.83. The fourth-order valence-corrected chi connectivity index (χ4v) is 3.45. The number of anilines is 1. The topological polar surface area (TPSA) is 89.7 Å². The summed E-state index contributed by atoms with van der Waals surface area (Å²) >= 11 is 0. The molecule has 1 fully saturated rings. The number of hydrogen-bond donors (Lipinski definition) is 1. The number of nitrogens with one attached hydrogen (secondary N) is 1. The molecule has 31 heavy (non-hydrogen) atoms. The van der Waals surface area contributed by atoms with E-state index >= 15 is 0 Å². The number of para-hydroxylation sites is 1. The van der Waals surface area contributed by atoms with Gasteiger partial charge in [0.15, 0.2) is 11.1 Å². The minimum atomic E-state index is -0.485. The lowest BCUT2D eigenvalue weighted by Crippen LogP contribution is -2.44. The summed E-state index contributed by atoms with van der Waals surface area (Å²) < 4.78 is 17.3. The summed E-state index contributed by atoms with van der Waals surface area (Å²) in [4.78, 5) is 22.6. The highest BCUT2D eigenvalue weighted by Gasteiger charge is 2.27. The predicted molar refractivity (Wildman–Crippen MR) is 117 cm³/mol. The van der Waals surface area contributed by atoms with E-state index in [0.29, 0.717) is 42.6 Å². The first kappa shape index (κ1) is 21.0. The van der Waals surface area contributed by atoms with Gasteiger partial charge in [-0.25, -0.2) is 4.79 Å². The number of ether oxygens (including phenoxy) is 2. The molecular weight excluding hydrogens is 396 g/mol. The number of rotatable bonds is 5. The van der Waals surface area contributed by atoms with Crippen LogP contribution in [0.3, 0.4) is 0 Å². The van der Waals surface area contributed by atoms with Crippen LogP contribution in [0.1, 0.15) is 39.2 Å². The quantitative estimate of drug-likeness (QED) is 0.639. The normalized spacial score (nSPS) is 15.1. The van der Waals surface area contributed by atoms with Gasteiger partial charge in [0.05, 0.1) is 0 Å². The standard InChI is InChI=1S/C23H28N4O4/c1-23(2,3)31-22(28)27-13-9-17(10-14-27)25-21-26-20-18(5-4-6-19(20)30-21)29-15-16-7-11-24-12-8-16/h4-8,11-12,17H,9-10,13-15H2,1-3H3,(H,25,26). The summed E-state index contributed by atoms with van der Waals surface area (Å²) in [6, 6.07) is 10.1. The van der Waals surface area contributed by atoms with Gasteiger partial charge in [-0.3, -0.25) is 4.98 Å². The lowest BCUT2D eigenvalue weighted by Gasteiger charge is -2.33. The van der Waals surface area contributed by atoms with Gasteiger partial charge in [0, 0.05) is 31.5 Å². The number of likely N-dealkylation sites (tertiary alicyclic amines) is 1. The Labute approximate surface area is 181 Å². The number of benzene rings is 1. The van der Waals surface area contributed by atoms with Crippen molar-refractivity contribution in [3.8, 4) is 5.75 Å². The van der Waals surface area contributed by atoms with Crippen LogP contribution in [0.5, 0.6) is 5.75 Å². The molecule has 3 heterocycles. The first-order valence-corrected chi connectivity index (χ1v) is 10.5. The van der Waals surface area contributed by atoms with Crippen molar-refractivity contribution in [2.45, 2.75) is 51.9 Å². The first-order chi connectivity index (χ1) is 14.9. The number of fused-ring (bicyclic) bond motifs is 1. The molecule has 2 aromatic heterocycles. The smallest absolute Gasteiger partial charge is 0.410 e. The fourth-order valence-electron chi connectivity index (χ4n) is 3.45. The maximum absolute atomic E-state index is 12.2. The molecule has 1 aliphatic heterocycles. The Morgan fingerprint density at radius 2 is 1.94 bits per heavy atom. The number of hydrogen-bond acceptors (Lipinski definition) is 7. The summed E-state index contributed by atoms with van der Waals surface area (Å²) in [6.07, 6.45) is 4.81. The Hall–Kier alpha value is -3.29. The molecule has 1 aliphatic rings. The number of piperidine rings is 1. The van der Waals surface area contributed by atoms with E-state index in [1.807, 2.05) is 51.1 Å². The third-order valence-corrected chi connectivity index (χ3v) is 5.00. The second-order valence-electron chi connectivity index (χ2n) is 8.65. The number of pyridine rings is 1. The van der Waals surface area contributed by atoms with Crippen molar-refractivity contribution < 1.29 is 18.7 Å². The largest absolute Gasteiger partial charge is 0.486 e. The zero-order valence-corrected chi connectivity index (χ0v) is 18.1. The van der Waals surface area contributed by atoms with E-state index in [-0.39, 0.29) is 12.1 Å². The van der Waals surface area contributed by atoms with Crippen LogP contribution in [0.15, 0.2) is 47.1 Å². The minimum absolute atomic E-state index is 0.174. The van der Waals surface area contributed by atoms with Crippen molar-refractivity contribution in [3.05, 3.63) is 48.3 Å². The van der Waals surface area contributed by atoms with Gasteiger partial charge in [-0.15, -0.1) is 0 Å². The highest BCUT2D eigenvalue weighted by molar-refractivity contribution is 5.81. The molecule has 1 saturated heterocycles. The fraction of sp³-hybridized carbons (Fsp3) is 0.435. The highest BCUT2D eigenvalue weighted by Crippen LogP contribution is 2.29. The summed E-state index contributed by atoms with van der Waals surface area (Å²) in [5, 5.41) is 3.36. The molecule has 0 atom stereocenters. The van der Waals surface area contributed by atoms with Gasteiger partial charge in [-0.05, 0) is 63.4 Å². The molecule has 0 unspecified atom stereocenters. The summed E-state index contributed by atoms with van der Waals surface area (Å²) in [5.74, 6) is 0.672. The van der Waals surface area contributed by atoms with Gasteiger partial charge in [0.1, 0.15) is 18.0 Å². The lowest BCUT2D eigenvalue weighted by molar-refractivity contribution is 0.0210. The SMILES string of the molecule is CC(C)(C)OC(=O)N1CCC(Nc2nc3c(OCc4ccncc4)cccc3o2)CC1. The third kappa shape index (κ3) is 5.45. The molecule has 0 spiro atoms. The average molecular weight is 425 g/mol. The summed E-state index contributed by atoms with van der Waals surface area (Å²) in [7, 11) is 0. The molecule has 8 nitrogen and oxygen atoms in total. The Bertz CT molecular complexity index is 1020. The molecule has 0 saturated carbocycles. The van der Waals surface area contributed by atoms with Crippen molar-refractivity contribution in [1.82, 2.24) is 14.9 Å². The number of oxazole rings is 1. The van der Waals surface area contributed by atoms with E-state index in [9.17, 15) is 4.79 Å². The van der Waals surface area contributed by atoms with E-state index in [0.717, 1.165) is 18.4 Å². The van der Waals surface area contributed by atoms with Gasteiger partial charge in [-0.2, -0.15) is 4.98 Å². The first-order valence-electron chi connectivity index (χ1n) is 10.5. The van der Waals surface area contributed by atoms with E-state index in [1.54, 1.807) is 17.3 Å². The average Bonchev–Trinajstić information content (AvgIpc) is 3.15. The molecule has 1 amide bonds. The highest BCUT2D eigenvalue weighted by atomic mass is 16.6. The van der Waals surface area contributed by atoms with Crippen LogP contribution in [0.2, 0.25) is 0 Å². The van der Waals surface area contributed by atoms with Crippen LogP contribution in [0, 0.1) is 0 Å². The molecule has 3 aromatic rings. The number of aromatic nitrogens is 2. The van der Waals surface area contributed by atoms with Gasteiger partial charge in [0.25, 0.3) is 6.01 Å². The Morgan fingerprint density at radius 1 is 1.19 bits per heavy atom. The van der Waals surface area contributed by atoms with Crippen molar-refractivity contribution >= 4 is 23.2 Å². The van der Waals surface area contributed by atoms with Crippen LogP contribution < -0.4 is 10.1 Å². The molecule has 0 aliphatic carbocycles. The van der Waals surface area contributed by atoms with Crippen molar-refractivity contribution in [2.75, 3.05) is 18.4 Å². The van der Waals surface area contributed by atoms with Crippen LogP contribution in [0.4, 0.5) is 10.8 Å². The molecule has 4 rings (SSSR count). The monoisotopic (exact) mass is 424 g/mol.